The second-order valence-corrected chi connectivity index (χ2v) is 11.5. The van der Waals surface area contributed by atoms with Gasteiger partial charge in [-0.05, 0) is 25.7 Å². The summed E-state index contributed by atoms with van der Waals surface area (Å²) < 4.78 is 0. The number of hydrogen-bond donors (Lipinski definition) is 0. The van der Waals surface area contributed by atoms with E-state index in [0.29, 0.717) is 0 Å². The summed E-state index contributed by atoms with van der Waals surface area (Å²) in [7, 11) is -0.891. The topological polar surface area (TPSA) is 12.4 Å². The van der Waals surface area contributed by atoms with E-state index in [2.05, 4.69) is 41.5 Å². The summed E-state index contributed by atoms with van der Waals surface area (Å²) in [6.07, 6.45) is 2.48. The van der Waals surface area contributed by atoms with Crippen LogP contribution in [0.25, 0.3) is 0 Å². The van der Waals surface area contributed by atoms with Gasteiger partial charge in [0.05, 0.1) is 8.07 Å². The molecular formula is C15H33NSi. The number of rotatable bonds is 9. The van der Waals surface area contributed by atoms with Crippen molar-refractivity contribution in [2.24, 2.45) is 10.9 Å². The fraction of sp³-hybridized carbons (Fsp3) is 0.933. The minimum absolute atomic E-state index is 0.745. The average molecular weight is 256 g/mol. The quantitative estimate of drug-likeness (QED) is 0.297. The number of aliphatic imine (C=N–C) groups is 1. The molecule has 2 heteroatoms. The smallest absolute Gasteiger partial charge is 0.0528 e. The molecule has 1 nitrogen and oxygen atoms in total. The fourth-order valence-electron chi connectivity index (χ4n) is 2.66. The lowest BCUT2D eigenvalue weighted by molar-refractivity contribution is 0.679. The van der Waals surface area contributed by atoms with Gasteiger partial charge in [-0.15, -0.1) is 0 Å². The van der Waals surface area contributed by atoms with Crippen molar-refractivity contribution in [2.45, 2.75) is 78.6 Å². The van der Waals surface area contributed by atoms with Crippen LogP contribution < -0.4 is 0 Å². The third kappa shape index (κ3) is 7.02. The molecule has 0 atom stereocenters. The van der Waals surface area contributed by atoms with Crippen molar-refractivity contribution >= 4 is 13.8 Å². The Bertz CT molecular complexity index is 209. The lowest BCUT2D eigenvalue weighted by Gasteiger charge is -2.27. The SMILES string of the molecule is CC[Si](CC)(CC)CCCN=C(C)CC(C)C. The third-order valence-electron chi connectivity index (χ3n) is 4.20. The minimum Gasteiger partial charge on any atom is -0.294 e. The Labute approximate surface area is 110 Å². The molecule has 0 aromatic heterocycles. The van der Waals surface area contributed by atoms with Gasteiger partial charge < -0.3 is 0 Å². The summed E-state index contributed by atoms with van der Waals surface area (Å²) in [5.74, 6) is 0.745. The van der Waals surface area contributed by atoms with Gasteiger partial charge in [0.15, 0.2) is 0 Å². The van der Waals surface area contributed by atoms with Crippen molar-refractivity contribution in [3.8, 4) is 0 Å². The first-order valence-corrected chi connectivity index (χ1v) is 10.3. The Morgan fingerprint density at radius 2 is 1.59 bits per heavy atom. The molecule has 0 unspecified atom stereocenters. The summed E-state index contributed by atoms with van der Waals surface area (Å²) in [5, 5.41) is 0. The highest BCUT2D eigenvalue weighted by molar-refractivity contribution is 6.79. The van der Waals surface area contributed by atoms with Crippen molar-refractivity contribution in [1.82, 2.24) is 0 Å². The van der Waals surface area contributed by atoms with Crippen LogP contribution in [0.3, 0.4) is 0 Å². The van der Waals surface area contributed by atoms with E-state index >= 15 is 0 Å². The van der Waals surface area contributed by atoms with Gasteiger partial charge in [0.2, 0.25) is 0 Å². The third-order valence-corrected chi connectivity index (χ3v) is 10.1. The summed E-state index contributed by atoms with van der Waals surface area (Å²) in [4.78, 5) is 4.71. The van der Waals surface area contributed by atoms with Crippen LogP contribution in [0.15, 0.2) is 4.99 Å². The molecule has 0 rings (SSSR count). The standard InChI is InChI=1S/C15H33NSi/c1-7-17(8-2,9-3)12-10-11-16-15(6)13-14(4)5/h14H,7-13H2,1-6H3. The van der Waals surface area contributed by atoms with Crippen molar-refractivity contribution in [3.05, 3.63) is 0 Å². The molecule has 0 spiro atoms. The molecule has 0 bridgehead atoms. The van der Waals surface area contributed by atoms with Gasteiger partial charge in [0.1, 0.15) is 0 Å². The van der Waals surface area contributed by atoms with Gasteiger partial charge in [-0.25, -0.2) is 0 Å². The van der Waals surface area contributed by atoms with Crippen LogP contribution in [0.4, 0.5) is 0 Å². The van der Waals surface area contributed by atoms with E-state index in [1.807, 2.05) is 0 Å². The molecule has 0 amide bonds. The maximum atomic E-state index is 4.71. The van der Waals surface area contributed by atoms with E-state index in [0.717, 1.165) is 18.9 Å². The van der Waals surface area contributed by atoms with Crippen LogP contribution in [0.5, 0.6) is 0 Å². The van der Waals surface area contributed by atoms with Gasteiger partial charge in [-0.2, -0.15) is 0 Å². The van der Waals surface area contributed by atoms with Crippen LogP contribution in [-0.2, 0) is 0 Å². The zero-order chi connectivity index (χ0) is 13.3. The van der Waals surface area contributed by atoms with Crippen molar-refractivity contribution in [3.63, 3.8) is 0 Å². The second kappa shape index (κ2) is 8.90. The molecule has 0 radical (unpaired) electrons. The first-order chi connectivity index (χ1) is 7.99. The largest absolute Gasteiger partial charge is 0.294 e. The van der Waals surface area contributed by atoms with Crippen LogP contribution >= 0.6 is 0 Å². The highest BCUT2D eigenvalue weighted by atomic mass is 28.3. The van der Waals surface area contributed by atoms with Gasteiger partial charge in [0, 0.05) is 12.3 Å². The molecule has 0 aromatic carbocycles. The zero-order valence-corrected chi connectivity index (χ0v) is 14.0. The van der Waals surface area contributed by atoms with E-state index in [4.69, 9.17) is 4.99 Å². The molecule has 0 fully saturated rings. The monoisotopic (exact) mass is 255 g/mol. The lowest BCUT2D eigenvalue weighted by Crippen LogP contribution is -2.31. The Balaban J connectivity index is 3.97. The molecule has 0 aliphatic heterocycles. The van der Waals surface area contributed by atoms with Crippen molar-refractivity contribution in [1.29, 1.82) is 0 Å². The highest BCUT2D eigenvalue weighted by Gasteiger charge is 2.25. The van der Waals surface area contributed by atoms with Crippen LogP contribution in [0.1, 0.15) is 54.4 Å². The summed E-state index contributed by atoms with van der Waals surface area (Å²) >= 11 is 0. The molecular weight excluding hydrogens is 222 g/mol. The minimum atomic E-state index is -0.891. The predicted molar refractivity (Wildman–Crippen MR) is 84.1 cm³/mol. The molecule has 17 heavy (non-hydrogen) atoms. The van der Waals surface area contributed by atoms with Crippen LogP contribution in [-0.4, -0.2) is 20.3 Å². The molecule has 0 aromatic rings. The molecule has 0 aliphatic carbocycles. The van der Waals surface area contributed by atoms with Crippen LogP contribution in [0.2, 0.25) is 24.2 Å². The van der Waals surface area contributed by atoms with E-state index in [1.54, 1.807) is 0 Å². The van der Waals surface area contributed by atoms with E-state index < -0.39 is 8.07 Å². The average Bonchev–Trinajstić information content (AvgIpc) is 2.29. The van der Waals surface area contributed by atoms with Gasteiger partial charge in [0.25, 0.3) is 0 Å². The number of hydrogen-bond acceptors (Lipinski definition) is 1. The fourth-order valence-corrected chi connectivity index (χ4v) is 6.13. The van der Waals surface area contributed by atoms with Gasteiger partial charge in [-0.1, -0.05) is 58.8 Å². The summed E-state index contributed by atoms with van der Waals surface area (Å²) in [5.41, 5.74) is 1.34. The van der Waals surface area contributed by atoms with Gasteiger partial charge in [-0.3, -0.25) is 4.99 Å². The lowest BCUT2D eigenvalue weighted by atomic mass is 10.1. The Hall–Kier alpha value is -0.113. The van der Waals surface area contributed by atoms with Crippen LogP contribution in [0, 0.1) is 5.92 Å². The zero-order valence-electron chi connectivity index (χ0n) is 13.0. The van der Waals surface area contributed by atoms with Gasteiger partial charge >= 0.3 is 0 Å². The molecule has 102 valence electrons. The Morgan fingerprint density at radius 1 is 1.06 bits per heavy atom. The van der Waals surface area contributed by atoms with E-state index in [9.17, 15) is 0 Å². The molecule has 0 aliphatic rings. The van der Waals surface area contributed by atoms with Crippen molar-refractivity contribution in [2.75, 3.05) is 6.54 Å². The highest BCUT2D eigenvalue weighted by Crippen LogP contribution is 2.26. The summed E-state index contributed by atoms with van der Waals surface area (Å²) in [6, 6.07) is 5.84. The second-order valence-electron chi connectivity index (χ2n) is 5.88. The Kier molecular flexibility index (Phi) is 8.84. The normalized spacial score (nSPS) is 13.5. The van der Waals surface area contributed by atoms with E-state index in [1.165, 1.54) is 36.3 Å². The van der Waals surface area contributed by atoms with E-state index in [-0.39, 0.29) is 0 Å². The molecule has 0 N–H and O–H groups in total. The molecule has 0 saturated carbocycles. The maximum absolute atomic E-state index is 4.71. The molecule has 0 saturated heterocycles. The van der Waals surface area contributed by atoms with Crippen molar-refractivity contribution < 1.29 is 0 Å². The first-order valence-electron chi connectivity index (χ1n) is 7.49. The predicted octanol–water partition coefficient (Wildman–Crippen LogP) is 5.39. The molecule has 0 heterocycles. The summed E-state index contributed by atoms with van der Waals surface area (Å²) in [6.45, 7) is 15.0. The maximum Gasteiger partial charge on any atom is 0.0528 e. The first kappa shape index (κ1) is 16.9. The number of nitrogens with zero attached hydrogens (tertiary/aromatic N) is 1. The Morgan fingerprint density at radius 3 is 2.00 bits per heavy atom.